The molecule has 0 bridgehead atoms. The molecular formula is C14H16F2N2O. The van der Waals surface area contributed by atoms with Crippen LogP contribution in [0, 0.1) is 29.9 Å². The van der Waals surface area contributed by atoms with Gasteiger partial charge in [-0.2, -0.15) is 5.26 Å². The zero-order valence-electron chi connectivity index (χ0n) is 11.2. The van der Waals surface area contributed by atoms with Crippen LogP contribution in [0.2, 0.25) is 0 Å². The van der Waals surface area contributed by atoms with Crippen LogP contribution in [0.4, 0.5) is 8.78 Å². The van der Waals surface area contributed by atoms with Gasteiger partial charge in [0.15, 0.2) is 0 Å². The van der Waals surface area contributed by atoms with Crippen LogP contribution in [0.1, 0.15) is 42.6 Å². The fraction of sp³-hybridized carbons (Fsp3) is 0.429. The molecule has 0 radical (unpaired) electrons. The summed E-state index contributed by atoms with van der Waals surface area (Å²) in [4.78, 5) is 12.0. The second-order valence-electron chi connectivity index (χ2n) is 4.44. The van der Waals surface area contributed by atoms with E-state index in [1.807, 2.05) is 6.07 Å². The highest BCUT2D eigenvalue weighted by Crippen LogP contribution is 2.18. The molecule has 0 saturated carbocycles. The van der Waals surface area contributed by atoms with E-state index in [1.54, 1.807) is 13.8 Å². The van der Waals surface area contributed by atoms with Gasteiger partial charge < -0.3 is 5.32 Å². The lowest BCUT2D eigenvalue weighted by molar-refractivity contribution is 0.0911. The molecule has 1 N–H and O–H groups in total. The average molecular weight is 266 g/mol. The summed E-state index contributed by atoms with van der Waals surface area (Å²) < 4.78 is 26.7. The minimum absolute atomic E-state index is 0.183. The maximum atomic E-state index is 13.6. The zero-order chi connectivity index (χ0) is 14.6. The summed E-state index contributed by atoms with van der Waals surface area (Å²) >= 11 is 0. The number of benzene rings is 1. The summed E-state index contributed by atoms with van der Waals surface area (Å²) in [7, 11) is 0. The topological polar surface area (TPSA) is 52.9 Å². The van der Waals surface area contributed by atoms with Crippen molar-refractivity contribution in [3.8, 4) is 6.07 Å². The van der Waals surface area contributed by atoms with Crippen molar-refractivity contribution >= 4 is 5.91 Å². The molecule has 0 unspecified atom stereocenters. The van der Waals surface area contributed by atoms with Gasteiger partial charge in [0.25, 0.3) is 5.91 Å². The third-order valence-corrected chi connectivity index (χ3v) is 3.27. The molecule has 1 rings (SSSR count). The molecule has 0 aliphatic rings. The van der Waals surface area contributed by atoms with Crippen LogP contribution in [0.5, 0.6) is 0 Å². The standard InChI is InChI=1S/C14H16F2N2O/c1-4-14(5-2,8-17)18-13(19)10-6-9(3)11(15)7-12(10)16/h6-7H,4-5H2,1-3H3,(H,18,19). The Morgan fingerprint density at radius 2 is 1.89 bits per heavy atom. The Morgan fingerprint density at radius 1 is 1.32 bits per heavy atom. The van der Waals surface area contributed by atoms with E-state index in [2.05, 4.69) is 5.32 Å². The molecule has 1 aromatic rings. The van der Waals surface area contributed by atoms with Crippen molar-refractivity contribution in [1.82, 2.24) is 5.32 Å². The third kappa shape index (κ3) is 3.08. The molecular weight excluding hydrogens is 250 g/mol. The fourth-order valence-electron chi connectivity index (χ4n) is 1.73. The third-order valence-electron chi connectivity index (χ3n) is 3.27. The van der Waals surface area contributed by atoms with Crippen molar-refractivity contribution in [2.24, 2.45) is 0 Å². The monoisotopic (exact) mass is 266 g/mol. The maximum absolute atomic E-state index is 13.6. The molecule has 0 aromatic heterocycles. The first-order chi connectivity index (χ1) is 8.89. The normalized spacial score (nSPS) is 10.9. The van der Waals surface area contributed by atoms with Gasteiger partial charge in [-0.1, -0.05) is 13.8 Å². The predicted molar refractivity (Wildman–Crippen MR) is 67.5 cm³/mol. The van der Waals surface area contributed by atoms with Gasteiger partial charge in [-0.3, -0.25) is 4.79 Å². The highest BCUT2D eigenvalue weighted by Gasteiger charge is 2.29. The Hall–Kier alpha value is -1.96. The number of nitrogens with zero attached hydrogens (tertiary/aromatic N) is 1. The quantitative estimate of drug-likeness (QED) is 0.910. The highest BCUT2D eigenvalue weighted by molar-refractivity contribution is 5.95. The summed E-state index contributed by atoms with van der Waals surface area (Å²) in [5, 5.41) is 11.6. The first-order valence-corrected chi connectivity index (χ1v) is 6.08. The summed E-state index contributed by atoms with van der Waals surface area (Å²) in [6.07, 6.45) is 0.821. The molecule has 0 heterocycles. The van der Waals surface area contributed by atoms with Crippen molar-refractivity contribution in [2.45, 2.75) is 39.2 Å². The molecule has 3 nitrogen and oxygen atoms in total. The lowest BCUT2D eigenvalue weighted by Crippen LogP contribution is -2.46. The second kappa shape index (κ2) is 5.79. The van der Waals surface area contributed by atoms with Crippen LogP contribution in [0.25, 0.3) is 0 Å². The second-order valence-corrected chi connectivity index (χ2v) is 4.44. The van der Waals surface area contributed by atoms with Gasteiger partial charge in [-0.25, -0.2) is 8.78 Å². The van der Waals surface area contributed by atoms with Crippen LogP contribution in [0.15, 0.2) is 12.1 Å². The van der Waals surface area contributed by atoms with Gasteiger partial charge in [0.2, 0.25) is 0 Å². The van der Waals surface area contributed by atoms with Crippen LogP contribution in [0.3, 0.4) is 0 Å². The fourth-order valence-corrected chi connectivity index (χ4v) is 1.73. The van der Waals surface area contributed by atoms with Crippen LogP contribution < -0.4 is 5.32 Å². The minimum Gasteiger partial charge on any atom is -0.334 e. The van der Waals surface area contributed by atoms with Crippen molar-refractivity contribution in [2.75, 3.05) is 0 Å². The number of carbonyl (C=O) groups excluding carboxylic acids is 1. The van der Waals surface area contributed by atoms with Gasteiger partial charge in [-0.15, -0.1) is 0 Å². The first-order valence-electron chi connectivity index (χ1n) is 6.08. The molecule has 0 atom stereocenters. The molecule has 102 valence electrons. The van der Waals surface area contributed by atoms with Crippen LogP contribution >= 0.6 is 0 Å². The van der Waals surface area contributed by atoms with Gasteiger partial charge in [0.1, 0.15) is 17.2 Å². The van der Waals surface area contributed by atoms with E-state index < -0.39 is 23.1 Å². The molecule has 1 amide bonds. The maximum Gasteiger partial charge on any atom is 0.255 e. The number of carbonyl (C=O) groups is 1. The molecule has 5 heteroatoms. The lowest BCUT2D eigenvalue weighted by atomic mass is 9.94. The van der Waals surface area contributed by atoms with Crippen molar-refractivity contribution in [3.05, 3.63) is 34.9 Å². The van der Waals surface area contributed by atoms with Crippen molar-refractivity contribution < 1.29 is 13.6 Å². The largest absolute Gasteiger partial charge is 0.334 e. The van der Waals surface area contributed by atoms with Crippen molar-refractivity contribution in [1.29, 1.82) is 5.26 Å². The molecule has 0 spiro atoms. The summed E-state index contributed by atoms with van der Waals surface area (Å²) in [6, 6.07) is 3.86. The van der Waals surface area contributed by atoms with E-state index >= 15 is 0 Å². The number of rotatable bonds is 4. The molecule has 0 aliphatic carbocycles. The molecule has 0 saturated heterocycles. The summed E-state index contributed by atoms with van der Waals surface area (Å²) in [5.41, 5.74) is -1.09. The minimum atomic E-state index is -1.02. The van der Waals surface area contributed by atoms with E-state index in [0.29, 0.717) is 18.9 Å². The molecule has 1 aromatic carbocycles. The number of hydrogen-bond acceptors (Lipinski definition) is 2. The first kappa shape index (κ1) is 15.1. The van der Waals surface area contributed by atoms with Gasteiger partial charge in [-0.05, 0) is 31.4 Å². The lowest BCUT2D eigenvalue weighted by Gasteiger charge is -2.25. The zero-order valence-corrected chi connectivity index (χ0v) is 11.2. The van der Waals surface area contributed by atoms with Gasteiger partial charge >= 0.3 is 0 Å². The predicted octanol–water partition coefficient (Wildman–Crippen LogP) is 3.09. The Balaban J connectivity index is 3.09. The molecule has 0 fully saturated rings. The smallest absolute Gasteiger partial charge is 0.255 e. The average Bonchev–Trinajstić information content (AvgIpc) is 2.40. The van der Waals surface area contributed by atoms with E-state index in [-0.39, 0.29) is 11.1 Å². The number of nitrogens with one attached hydrogen (secondary N) is 1. The number of halogens is 2. The summed E-state index contributed by atoms with van der Waals surface area (Å²) in [5.74, 6) is -2.34. The Bertz CT molecular complexity index is 531. The van der Waals surface area contributed by atoms with Gasteiger partial charge in [0, 0.05) is 6.07 Å². The number of aryl methyl sites for hydroxylation is 1. The van der Waals surface area contributed by atoms with Crippen molar-refractivity contribution in [3.63, 3.8) is 0 Å². The van der Waals surface area contributed by atoms with E-state index in [0.717, 1.165) is 6.07 Å². The molecule has 19 heavy (non-hydrogen) atoms. The Labute approximate surface area is 111 Å². The van der Waals surface area contributed by atoms with Crippen LogP contribution in [-0.4, -0.2) is 11.4 Å². The SMILES string of the molecule is CCC(C#N)(CC)NC(=O)c1cc(C)c(F)cc1F. The van der Waals surface area contributed by atoms with E-state index in [4.69, 9.17) is 5.26 Å². The van der Waals surface area contributed by atoms with Crippen LogP contribution in [-0.2, 0) is 0 Å². The number of amides is 1. The Kier molecular flexibility index (Phi) is 4.60. The highest BCUT2D eigenvalue weighted by atomic mass is 19.1. The Morgan fingerprint density at radius 3 is 2.37 bits per heavy atom. The van der Waals surface area contributed by atoms with E-state index in [9.17, 15) is 13.6 Å². The number of hydrogen-bond donors (Lipinski definition) is 1. The summed E-state index contributed by atoms with van der Waals surface area (Å²) in [6.45, 7) is 4.97. The molecule has 0 aliphatic heterocycles. The number of nitriles is 1. The van der Waals surface area contributed by atoms with E-state index in [1.165, 1.54) is 6.92 Å². The van der Waals surface area contributed by atoms with Gasteiger partial charge in [0.05, 0.1) is 11.6 Å².